The Kier molecular flexibility index (Phi) is 7.98. The molecule has 4 rings (SSSR count). The number of aromatic nitrogens is 1. The fraction of sp³-hybridized carbons (Fsp3) is 0.333. The van der Waals surface area contributed by atoms with Crippen LogP contribution in [0.25, 0.3) is 0 Å². The molecule has 0 spiro atoms. The summed E-state index contributed by atoms with van der Waals surface area (Å²) in [7, 11) is 1.63. The standard InChI is InChI=1S/C27H30ClN3O4/c1-3-14-30(26(33)19-35-21-12-10-20(28)11-13-21)18-25(32)31-17-16-29-15-6-8-23(29)27(31)22-7-4-5-9-24(22)34-2/h4-13,15,27H,3,14,16-19H2,1-2H3. The van der Waals surface area contributed by atoms with E-state index in [0.29, 0.717) is 30.4 Å². The number of carbonyl (C=O) groups excluding carboxylic acids is 2. The number of amides is 2. The number of benzene rings is 2. The van der Waals surface area contributed by atoms with Gasteiger partial charge < -0.3 is 23.8 Å². The van der Waals surface area contributed by atoms with Crippen LogP contribution >= 0.6 is 11.6 Å². The molecule has 184 valence electrons. The van der Waals surface area contributed by atoms with Crippen molar-refractivity contribution in [2.75, 3.05) is 33.4 Å². The summed E-state index contributed by atoms with van der Waals surface area (Å²) in [5.41, 5.74) is 1.94. The molecule has 2 amide bonds. The first kappa shape index (κ1) is 24.7. The van der Waals surface area contributed by atoms with E-state index in [1.807, 2.05) is 54.4 Å². The highest BCUT2D eigenvalue weighted by Crippen LogP contribution is 2.37. The van der Waals surface area contributed by atoms with Crippen LogP contribution in [0.15, 0.2) is 66.9 Å². The minimum Gasteiger partial charge on any atom is -0.496 e. The number of ether oxygens (including phenoxy) is 2. The summed E-state index contributed by atoms with van der Waals surface area (Å²) in [6, 6.07) is 18.3. The Morgan fingerprint density at radius 3 is 2.57 bits per heavy atom. The minimum atomic E-state index is -0.300. The van der Waals surface area contributed by atoms with Crippen molar-refractivity contribution in [3.8, 4) is 11.5 Å². The molecule has 35 heavy (non-hydrogen) atoms. The van der Waals surface area contributed by atoms with Crippen molar-refractivity contribution in [1.82, 2.24) is 14.4 Å². The van der Waals surface area contributed by atoms with E-state index in [9.17, 15) is 9.59 Å². The highest BCUT2D eigenvalue weighted by molar-refractivity contribution is 6.30. The largest absolute Gasteiger partial charge is 0.496 e. The fourth-order valence-corrected chi connectivity index (χ4v) is 4.58. The van der Waals surface area contributed by atoms with Crippen molar-refractivity contribution in [2.45, 2.75) is 25.9 Å². The van der Waals surface area contributed by atoms with Gasteiger partial charge in [-0.05, 0) is 48.9 Å². The molecule has 1 aliphatic rings. The quantitative estimate of drug-likeness (QED) is 0.441. The maximum Gasteiger partial charge on any atom is 0.260 e. The first-order chi connectivity index (χ1) is 17.0. The van der Waals surface area contributed by atoms with Crippen molar-refractivity contribution in [1.29, 1.82) is 0 Å². The molecule has 3 aromatic rings. The predicted molar refractivity (Wildman–Crippen MR) is 135 cm³/mol. The average molecular weight is 496 g/mol. The molecule has 8 heteroatoms. The Hall–Kier alpha value is -3.45. The summed E-state index contributed by atoms with van der Waals surface area (Å²) in [6.45, 7) is 3.53. The summed E-state index contributed by atoms with van der Waals surface area (Å²) >= 11 is 5.91. The topological polar surface area (TPSA) is 64.0 Å². The van der Waals surface area contributed by atoms with E-state index in [1.54, 1.807) is 36.3 Å². The summed E-state index contributed by atoms with van der Waals surface area (Å²) in [5, 5.41) is 0.596. The lowest BCUT2D eigenvalue weighted by Crippen LogP contribution is -2.48. The average Bonchev–Trinajstić information content (AvgIpc) is 3.36. The third-order valence-electron chi connectivity index (χ3n) is 6.14. The Morgan fingerprint density at radius 2 is 1.83 bits per heavy atom. The molecule has 0 radical (unpaired) electrons. The van der Waals surface area contributed by atoms with E-state index in [1.165, 1.54) is 0 Å². The van der Waals surface area contributed by atoms with Gasteiger partial charge >= 0.3 is 0 Å². The van der Waals surface area contributed by atoms with E-state index in [-0.39, 0.29) is 31.0 Å². The molecule has 2 heterocycles. The van der Waals surface area contributed by atoms with Crippen LogP contribution in [0.2, 0.25) is 5.02 Å². The first-order valence-corrected chi connectivity index (χ1v) is 12.1. The third kappa shape index (κ3) is 5.62. The Labute approximate surface area is 210 Å². The molecule has 1 aliphatic heterocycles. The zero-order chi connectivity index (χ0) is 24.8. The second-order valence-corrected chi connectivity index (χ2v) is 8.85. The van der Waals surface area contributed by atoms with E-state index in [4.69, 9.17) is 21.1 Å². The Bertz CT molecular complexity index is 1160. The van der Waals surface area contributed by atoms with Crippen molar-refractivity contribution in [2.24, 2.45) is 0 Å². The van der Waals surface area contributed by atoms with Crippen molar-refractivity contribution in [3.05, 3.63) is 83.1 Å². The van der Waals surface area contributed by atoms with Crippen molar-refractivity contribution < 1.29 is 19.1 Å². The van der Waals surface area contributed by atoms with Crippen molar-refractivity contribution >= 4 is 23.4 Å². The minimum absolute atomic E-state index is 0.0109. The van der Waals surface area contributed by atoms with Gasteiger partial charge in [0.15, 0.2) is 6.61 Å². The van der Waals surface area contributed by atoms with Crippen LogP contribution in [0.1, 0.15) is 30.6 Å². The SMILES string of the molecule is CCCN(CC(=O)N1CCn2cccc2C1c1ccccc1OC)C(=O)COc1ccc(Cl)cc1. The molecule has 0 saturated carbocycles. The maximum absolute atomic E-state index is 13.6. The van der Waals surface area contributed by atoms with Gasteiger partial charge in [0, 0.05) is 42.1 Å². The normalized spacial score (nSPS) is 14.8. The monoisotopic (exact) mass is 495 g/mol. The van der Waals surface area contributed by atoms with Crippen LogP contribution in [0.4, 0.5) is 0 Å². The zero-order valence-corrected chi connectivity index (χ0v) is 20.8. The predicted octanol–water partition coefficient (Wildman–Crippen LogP) is 4.40. The zero-order valence-electron chi connectivity index (χ0n) is 20.0. The lowest BCUT2D eigenvalue weighted by molar-refractivity contribution is -0.143. The lowest BCUT2D eigenvalue weighted by Gasteiger charge is -2.38. The second-order valence-electron chi connectivity index (χ2n) is 8.42. The Morgan fingerprint density at radius 1 is 1.06 bits per heavy atom. The number of para-hydroxylation sites is 1. The van der Waals surface area contributed by atoms with E-state index < -0.39 is 0 Å². The molecule has 1 unspecified atom stereocenters. The van der Waals surface area contributed by atoms with Gasteiger partial charge in [-0.15, -0.1) is 0 Å². The maximum atomic E-state index is 13.6. The van der Waals surface area contributed by atoms with Gasteiger partial charge in [0.2, 0.25) is 5.91 Å². The molecule has 0 bridgehead atoms. The molecule has 0 N–H and O–H groups in total. The Balaban J connectivity index is 1.52. The molecular weight excluding hydrogens is 466 g/mol. The van der Waals surface area contributed by atoms with Gasteiger partial charge in [0.25, 0.3) is 5.91 Å². The number of hydrogen-bond donors (Lipinski definition) is 0. The molecule has 0 aliphatic carbocycles. The van der Waals surface area contributed by atoms with E-state index in [0.717, 1.165) is 23.4 Å². The van der Waals surface area contributed by atoms with E-state index in [2.05, 4.69) is 4.57 Å². The van der Waals surface area contributed by atoms with Crippen LogP contribution in [0.5, 0.6) is 11.5 Å². The first-order valence-electron chi connectivity index (χ1n) is 11.8. The molecule has 1 aromatic heterocycles. The molecule has 7 nitrogen and oxygen atoms in total. The number of carbonyl (C=O) groups is 2. The van der Waals surface area contributed by atoms with Gasteiger partial charge in [-0.25, -0.2) is 0 Å². The summed E-state index contributed by atoms with van der Waals surface area (Å²) in [5.74, 6) is 0.937. The van der Waals surface area contributed by atoms with Crippen LogP contribution in [0.3, 0.4) is 0 Å². The molecule has 1 atom stereocenters. The second kappa shape index (κ2) is 11.3. The van der Waals surface area contributed by atoms with Crippen molar-refractivity contribution in [3.63, 3.8) is 0 Å². The highest BCUT2D eigenvalue weighted by Gasteiger charge is 2.34. The summed E-state index contributed by atoms with van der Waals surface area (Å²) in [6.07, 6.45) is 2.76. The smallest absolute Gasteiger partial charge is 0.260 e. The van der Waals surface area contributed by atoms with Crippen LogP contribution in [-0.2, 0) is 16.1 Å². The van der Waals surface area contributed by atoms with Gasteiger partial charge in [-0.3, -0.25) is 9.59 Å². The number of fused-ring (bicyclic) bond motifs is 1. The van der Waals surface area contributed by atoms with Crippen LogP contribution in [-0.4, -0.2) is 59.5 Å². The fourth-order valence-electron chi connectivity index (χ4n) is 4.45. The number of nitrogens with zero attached hydrogens (tertiary/aromatic N) is 3. The molecule has 2 aromatic carbocycles. The summed E-state index contributed by atoms with van der Waals surface area (Å²) in [4.78, 5) is 30.0. The van der Waals surface area contributed by atoms with E-state index >= 15 is 0 Å². The van der Waals surface area contributed by atoms with Gasteiger partial charge in [-0.2, -0.15) is 0 Å². The van der Waals surface area contributed by atoms with Gasteiger partial charge in [0.05, 0.1) is 13.7 Å². The molecular formula is C27H30ClN3O4. The van der Waals surface area contributed by atoms with Crippen LogP contribution in [0, 0.1) is 0 Å². The number of methoxy groups -OCH3 is 1. The number of rotatable bonds is 9. The van der Waals surface area contributed by atoms with Gasteiger partial charge in [-0.1, -0.05) is 36.7 Å². The highest BCUT2D eigenvalue weighted by atomic mass is 35.5. The number of hydrogen-bond acceptors (Lipinski definition) is 4. The van der Waals surface area contributed by atoms with Gasteiger partial charge in [0.1, 0.15) is 17.5 Å². The number of halogens is 1. The lowest BCUT2D eigenvalue weighted by atomic mass is 9.98. The summed E-state index contributed by atoms with van der Waals surface area (Å²) < 4.78 is 13.4. The third-order valence-corrected chi connectivity index (χ3v) is 6.39. The molecule has 0 fully saturated rings. The molecule has 0 saturated heterocycles. The van der Waals surface area contributed by atoms with Crippen LogP contribution < -0.4 is 9.47 Å².